The van der Waals surface area contributed by atoms with Crippen LogP contribution in [0.1, 0.15) is 22.5 Å². The number of hydrogen-bond acceptors (Lipinski definition) is 9. The molecule has 0 aliphatic carbocycles. The molecule has 9 heteroatoms. The molecule has 0 radical (unpaired) electrons. The first-order chi connectivity index (χ1) is 29.2. The van der Waals surface area contributed by atoms with E-state index in [1.165, 1.54) is 0 Å². The maximum absolute atomic E-state index is 4.83. The summed E-state index contributed by atoms with van der Waals surface area (Å²) in [4.78, 5) is 39.5. The first-order valence-corrected chi connectivity index (χ1v) is 19.1. The van der Waals surface area contributed by atoms with Crippen LogP contribution in [-0.4, -0.2) is 39.9 Å². The molecule has 59 heavy (non-hydrogen) atoms. The first kappa shape index (κ1) is 36.3. The quantitative estimate of drug-likeness (QED) is 0.127. The Bertz CT molecular complexity index is 2540. The van der Waals surface area contributed by atoms with Crippen LogP contribution in [0.2, 0.25) is 0 Å². The number of rotatable bonds is 11. The Balaban J connectivity index is 0.977. The van der Waals surface area contributed by atoms with Crippen molar-refractivity contribution in [2.75, 3.05) is 4.90 Å². The van der Waals surface area contributed by atoms with Gasteiger partial charge in [-0.1, -0.05) is 78.9 Å². The van der Waals surface area contributed by atoms with Crippen LogP contribution in [0.25, 0.3) is 70.1 Å². The average molecular weight is 762 g/mol. The summed E-state index contributed by atoms with van der Waals surface area (Å²) in [5.41, 5.74) is 11.1. The lowest BCUT2D eigenvalue weighted by Crippen LogP contribution is -2.09. The monoisotopic (exact) mass is 761 g/mol. The average Bonchev–Trinajstić information content (AvgIpc) is 3.32. The molecule has 0 fully saturated rings. The van der Waals surface area contributed by atoms with Gasteiger partial charge in [0.05, 0.1) is 34.2 Å². The van der Waals surface area contributed by atoms with E-state index in [2.05, 4.69) is 110 Å². The second-order valence-corrected chi connectivity index (χ2v) is 13.4. The van der Waals surface area contributed by atoms with Gasteiger partial charge in [-0.15, -0.1) is 0 Å². The highest BCUT2D eigenvalue weighted by Crippen LogP contribution is 2.35. The molecule has 0 N–H and O–H groups in total. The van der Waals surface area contributed by atoms with E-state index in [9.17, 15) is 0 Å². The Morgan fingerprint density at radius 3 is 1.07 bits per heavy atom. The van der Waals surface area contributed by atoms with Gasteiger partial charge in [-0.05, 0) is 120 Å². The van der Waals surface area contributed by atoms with Crippen molar-refractivity contribution in [3.8, 4) is 45.8 Å². The van der Waals surface area contributed by atoms with Crippen molar-refractivity contribution in [1.82, 2.24) is 39.9 Å². The van der Waals surface area contributed by atoms with Crippen LogP contribution in [0.15, 0.2) is 189 Å². The Hall–Kier alpha value is -8.30. The zero-order chi connectivity index (χ0) is 39.6. The van der Waals surface area contributed by atoms with Gasteiger partial charge in [-0.2, -0.15) is 0 Å². The van der Waals surface area contributed by atoms with Gasteiger partial charge in [0.1, 0.15) is 11.4 Å². The molecule has 0 atom stereocenters. The van der Waals surface area contributed by atoms with Crippen molar-refractivity contribution in [3.63, 3.8) is 0 Å². The van der Waals surface area contributed by atoms with Gasteiger partial charge in [0.15, 0.2) is 11.6 Å². The SMILES string of the molecule is C(=C\c1cc(-c2ccccn2)nc(-c2ccccn2)n1)/c1ccc(N(c2ccccc2)c2ccc(/C=C/c3cc(-c4ccccn4)nc(-c4ccccn4)n3)cc2)cc1. The lowest BCUT2D eigenvalue weighted by molar-refractivity contribution is 1.12. The summed E-state index contributed by atoms with van der Waals surface area (Å²) >= 11 is 0. The van der Waals surface area contributed by atoms with Crippen molar-refractivity contribution < 1.29 is 0 Å². The van der Waals surface area contributed by atoms with Crippen LogP contribution in [0, 0.1) is 0 Å². The zero-order valence-corrected chi connectivity index (χ0v) is 31.7. The van der Waals surface area contributed by atoms with Crippen LogP contribution in [0.4, 0.5) is 17.1 Å². The maximum Gasteiger partial charge on any atom is 0.179 e. The highest BCUT2D eigenvalue weighted by molar-refractivity contribution is 5.80. The zero-order valence-electron chi connectivity index (χ0n) is 31.7. The van der Waals surface area contributed by atoms with Crippen molar-refractivity contribution in [2.24, 2.45) is 0 Å². The molecular formula is C50H35N9. The Kier molecular flexibility index (Phi) is 10.6. The second-order valence-electron chi connectivity index (χ2n) is 13.4. The molecule has 0 saturated carbocycles. The highest BCUT2D eigenvalue weighted by atomic mass is 15.1. The molecule has 0 unspecified atom stereocenters. The minimum atomic E-state index is 0.544. The van der Waals surface area contributed by atoms with Gasteiger partial charge in [0, 0.05) is 41.8 Å². The molecule has 9 rings (SSSR count). The van der Waals surface area contributed by atoms with Crippen LogP contribution in [-0.2, 0) is 0 Å². The Labute approximate surface area is 341 Å². The van der Waals surface area contributed by atoms with E-state index in [0.717, 1.165) is 62.4 Å². The van der Waals surface area contributed by atoms with E-state index in [0.29, 0.717) is 23.0 Å². The van der Waals surface area contributed by atoms with Gasteiger partial charge in [-0.3, -0.25) is 19.9 Å². The summed E-state index contributed by atoms with van der Waals surface area (Å²) < 4.78 is 0. The summed E-state index contributed by atoms with van der Waals surface area (Å²) in [5.74, 6) is 1.09. The molecule has 0 amide bonds. The molecule has 0 saturated heterocycles. The molecule has 0 aliphatic rings. The van der Waals surface area contributed by atoms with Crippen molar-refractivity contribution in [2.45, 2.75) is 0 Å². The third kappa shape index (κ3) is 8.75. The molecule has 280 valence electrons. The van der Waals surface area contributed by atoms with E-state index < -0.39 is 0 Å². The highest BCUT2D eigenvalue weighted by Gasteiger charge is 2.14. The van der Waals surface area contributed by atoms with Crippen molar-refractivity contribution in [1.29, 1.82) is 0 Å². The van der Waals surface area contributed by atoms with Crippen LogP contribution < -0.4 is 4.90 Å². The fraction of sp³-hybridized carbons (Fsp3) is 0. The van der Waals surface area contributed by atoms with E-state index in [1.807, 2.05) is 103 Å². The molecular weight excluding hydrogens is 727 g/mol. The number of aromatic nitrogens is 8. The summed E-state index contributed by atoms with van der Waals surface area (Å²) in [6.45, 7) is 0. The summed E-state index contributed by atoms with van der Waals surface area (Å²) in [5, 5.41) is 0. The standard InChI is InChI=1S/C50H35N9/c1-2-12-40(13-3-1)59(41-26-20-36(21-27-41)18-24-38-34-47(43-14-4-8-30-51-43)57-49(55-38)45-16-6-10-32-53-45)42-28-22-37(23-29-42)19-25-39-35-48(44-15-5-9-31-52-44)58-50(56-39)46-17-7-11-33-54-46/h1-35H/b24-18+,25-19+. The summed E-state index contributed by atoms with van der Waals surface area (Å²) in [6, 6.07) is 54.2. The van der Waals surface area contributed by atoms with Crippen LogP contribution in [0.3, 0.4) is 0 Å². The minimum absolute atomic E-state index is 0.544. The first-order valence-electron chi connectivity index (χ1n) is 19.1. The summed E-state index contributed by atoms with van der Waals surface area (Å²) in [6.07, 6.45) is 15.1. The third-order valence-electron chi connectivity index (χ3n) is 9.34. The molecule has 6 aromatic heterocycles. The van der Waals surface area contributed by atoms with Gasteiger partial charge in [0.25, 0.3) is 0 Å². The summed E-state index contributed by atoms with van der Waals surface area (Å²) in [7, 11) is 0. The Morgan fingerprint density at radius 1 is 0.305 bits per heavy atom. The number of nitrogens with zero attached hydrogens (tertiary/aromatic N) is 9. The molecule has 9 aromatic rings. The second kappa shape index (κ2) is 17.2. The molecule has 0 bridgehead atoms. The van der Waals surface area contributed by atoms with E-state index >= 15 is 0 Å². The number of para-hydroxylation sites is 1. The van der Waals surface area contributed by atoms with E-state index in [1.54, 1.807) is 24.8 Å². The maximum atomic E-state index is 4.83. The normalized spacial score (nSPS) is 11.3. The van der Waals surface area contributed by atoms with Gasteiger partial charge < -0.3 is 4.90 Å². The topological polar surface area (TPSA) is 106 Å². The molecule has 9 nitrogen and oxygen atoms in total. The van der Waals surface area contributed by atoms with Crippen LogP contribution in [0.5, 0.6) is 0 Å². The Morgan fingerprint density at radius 2 is 0.678 bits per heavy atom. The number of benzene rings is 3. The van der Waals surface area contributed by atoms with Gasteiger partial charge in [-0.25, -0.2) is 19.9 Å². The molecule has 0 spiro atoms. The number of pyridine rings is 4. The molecule has 0 aliphatic heterocycles. The molecule has 6 heterocycles. The minimum Gasteiger partial charge on any atom is -0.311 e. The fourth-order valence-electron chi connectivity index (χ4n) is 6.47. The van der Waals surface area contributed by atoms with Gasteiger partial charge >= 0.3 is 0 Å². The number of anilines is 3. The largest absolute Gasteiger partial charge is 0.311 e. The van der Waals surface area contributed by atoms with E-state index in [-0.39, 0.29) is 0 Å². The third-order valence-corrected chi connectivity index (χ3v) is 9.34. The number of hydrogen-bond donors (Lipinski definition) is 0. The van der Waals surface area contributed by atoms with Crippen molar-refractivity contribution >= 4 is 41.4 Å². The van der Waals surface area contributed by atoms with Crippen LogP contribution >= 0.6 is 0 Å². The smallest absolute Gasteiger partial charge is 0.179 e. The molecule has 3 aromatic carbocycles. The predicted molar refractivity (Wildman–Crippen MR) is 236 cm³/mol. The van der Waals surface area contributed by atoms with E-state index in [4.69, 9.17) is 19.9 Å². The fourth-order valence-corrected chi connectivity index (χ4v) is 6.47. The predicted octanol–water partition coefficient (Wildman–Crippen LogP) is 11.3. The lowest BCUT2D eigenvalue weighted by atomic mass is 10.1. The lowest BCUT2D eigenvalue weighted by Gasteiger charge is -2.25. The van der Waals surface area contributed by atoms with Crippen molar-refractivity contribution in [3.05, 3.63) is 211 Å². The van der Waals surface area contributed by atoms with Gasteiger partial charge in [0.2, 0.25) is 0 Å².